The Kier molecular flexibility index (Phi) is 3.48. The summed E-state index contributed by atoms with van der Waals surface area (Å²) in [6.07, 6.45) is 1.59. The summed E-state index contributed by atoms with van der Waals surface area (Å²) in [6.45, 7) is 1.84. The van der Waals surface area contributed by atoms with E-state index in [4.69, 9.17) is 34.8 Å². The zero-order valence-electron chi connectivity index (χ0n) is 8.85. The van der Waals surface area contributed by atoms with Crippen LogP contribution in [-0.4, -0.2) is 4.98 Å². The molecule has 0 aliphatic carbocycles. The van der Waals surface area contributed by atoms with Crippen LogP contribution in [0.25, 0.3) is 11.1 Å². The number of pyridine rings is 1. The lowest BCUT2D eigenvalue weighted by Gasteiger charge is -2.08. The molecule has 0 saturated heterocycles. The summed E-state index contributed by atoms with van der Waals surface area (Å²) in [5.41, 5.74) is 1.72. The third-order valence-corrected chi connectivity index (χ3v) is 3.77. The second-order valence-corrected chi connectivity index (χ2v) is 4.75. The van der Waals surface area contributed by atoms with E-state index in [1.54, 1.807) is 24.4 Å². The van der Waals surface area contributed by atoms with Crippen LogP contribution in [0.4, 0.5) is 0 Å². The Morgan fingerprint density at radius 2 is 1.76 bits per heavy atom. The zero-order valence-corrected chi connectivity index (χ0v) is 11.1. The van der Waals surface area contributed by atoms with Gasteiger partial charge < -0.3 is 4.98 Å². The number of H-pyrrole nitrogens is 1. The molecule has 1 N–H and O–H groups in total. The van der Waals surface area contributed by atoms with E-state index in [9.17, 15) is 4.79 Å². The first-order valence-corrected chi connectivity index (χ1v) is 5.98. The zero-order chi connectivity index (χ0) is 12.6. The molecular weight excluding hydrogens is 280 g/mol. The number of aryl methyl sites for hydroxylation is 1. The molecule has 1 aromatic heterocycles. The number of aromatic amines is 1. The molecule has 0 saturated carbocycles. The van der Waals surface area contributed by atoms with Gasteiger partial charge in [0.15, 0.2) is 0 Å². The summed E-state index contributed by atoms with van der Waals surface area (Å²) in [5, 5.41) is 0.915. The Balaban J connectivity index is 2.79. The average molecular weight is 289 g/mol. The number of rotatable bonds is 1. The Morgan fingerprint density at radius 1 is 1.06 bits per heavy atom. The Bertz CT molecular complexity index is 634. The molecule has 1 aromatic carbocycles. The third kappa shape index (κ3) is 2.21. The average Bonchev–Trinajstić information content (AvgIpc) is 2.29. The number of hydrogen-bond acceptors (Lipinski definition) is 1. The number of hydrogen-bond donors (Lipinski definition) is 1. The second kappa shape index (κ2) is 4.73. The maximum absolute atomic E-state index is 11.8. The molecule has 0 atom stereocenters. The first-order valence-electron chi connectivity index (χ1n) is 4.84. The van der Waals surface area contributed by atoms with Gasteiger partial charge in [0.2, 0.25) is 0 Å². The van der Waals surface area contributed by atoms with E-state index in [-0.39, 0.29) is 10.6 Å². The van der Waals surface area contributed by atoms with Gasteiger partial charge in [0.1, 0.15) is 0 Å². The van der Waals surface area contributed by atoms with E-state index in [0.717, 1.165) is 5.56 Å². The standard InChI is InChI=1S/C12H8Cl3NO/c1-6-4-5-16-12(17)9(6)7-2-3-8(13)11(15)10(7)14/h2-5H,1H3,(H,16,17). The molecular formula is C12H8Cl3NO. The van der Waals surface area contributed by atoms with E-state index in [1.165, 1.54) is 0 Å². The molecule has 0 spiro atoms. The van der Waals surface area contributed by atoms with Gasteiger partial charge in [-0.3, -0.25) is 4.79 Å². The monoisotopic (exact) mass is 287 g/mol. The molecule has 0 fully saturated rings. The van der Waals surface area contributed by atoms with Crippen molar-refractivity contribution >= 4 is 34.8 Å². The maximum atomic E-state index is 11.8. The van der Waals surface area contributed by atoms with Crippen LogP contribution >= 0.6 is 34.8 Å². The molecule has 0 aliphatic rings. The molecule has 0 aliphatic heterocycles. The van der Waals surface area contributed by atoms with E-state index >= 15 is 0 Å². The molecule has 0 radical (unpaired) electrons. The lowest BCUT2D eigenvalue weighted by Crippen LogP contribution is -2.09. The van der Waals surface area contributed by atoms with Gasteiger partial charge in [-0.1, -0.05) is 40.9 Å². The highest BCUT2D eigenvalue weighted by atomic mass is 35.5. The number of benzene rings is 1. The largest absolute Gasteiger partial charge is 0.329 e. The van der Waals surface area contributed by atoms with Crippen LogP contribution < -0.4 is 5.56 Å². The van der Waals surface area contributed by atoms with Gasteiger partial charge in [-0.05, 0) is 24.6 Å². The van der Waals surface area contributed by atoms with E-state index in [0.29, 0.717) is 21.2 Å². The molecule has 2 aromatic rings. The minimum absolute atomic E-state index is 0.203. The lowest BCUT2D eigenvalue weighted by atomic mass is 10.0. The number of aromatic nitrogens is 1. The number of halogens is 3. The molecule has 0 amide bonds. The van der Waals surface area contributed by atoms with Crippen molar-refractivity contribution in [3.63, 3.8) is 0 Å². The van der Waals surface area contributed by atoms with Gasteiger partial charge in [-0.25, -0.2) is 0 Å². The molecule has 0 bridgehead atoms. The molecule has 17 heavy (non-hydrogen) atoms. The quantitative estimate of drug-likeness (QED) is 0.779. The topological polar surface area (TPSA) is 32.9 Å². The molecule has 2 nitrogen and oxygen atoms in total. The fourth-order valence-electron chi connectivity index (χ4n) is 1.63. The Morgan fingerprint density at radius 3 is 2.41 bits per heavy atom. The van der Waals surface area contributed by atoms with Crippen molar-refractivity contribution in [3.05, 3.63) is 55.4 Å². The van der Waals surface area contributed by atoms with Crippen molar-refractivity contribution in [1.82, 2.24) is 4.98 Å². The number of nitrogens with one attached hydrogen (secondary N) is 1. The van der Waals surface area contributed by atoms with Crippen LogP contribution in [0.1, 0.15) is 5.56 Å². The fourth-order valence-corrected chi connectivity index (χ4v) is 2.26. The summed E-state index contributed by atoms with van der Waals surface area (Å²) in [6, 6.07) is 5.11. The summed E-state index contributed by atoms with van der Waals surface area (Å²) >= 11 is 17.9. The van der Waals surface area contributed by atoms with Gasteiger partial charge in [0, 0.05) is 11.8 Å². The minimum Gasteiger partial charge on any atom is -0.329 e. The van der Waals surface area contributed by atoms with Crippen LogP contribution in [0.3, 0.4) is 0 Å². The first kappa shape index (κ1) is 12.5. The highest BCUT2D eigenvalue weighted by Crippen LogP contribution is 2.37. The maximum Gasteiger partial charge on any atom is 0.256 e. The molecule has 2 rings (SSSR count). The predicted octanol–water partition coefficient (Wildman–Crippen LogP) is 4.31. The third-order valence-electron chi connectivity index (χ3n) is 2.47. The predicted molar refractivity (Wildman–Crippen MR) is 72.3 cm³/mol. The summed E-state index contributed by atoms with van der Waals surface area (Å²) in [7, 11) is 0. The van der Waals surface area contributed by atoms with Crippen LogP contribution in [0.2, 0.25) is 15.1 Å². The molecule has 0 unspecified atom stereocenters. The molecule has 88 valence electrons. The molecule has 5 heteroatoms. The van der Waals surface area contributed by atoms with Crippen LogP contribution in [0.5, 0.6) is 0 Å². The van der Waals surface area contributed by atoms with Crippen molar-refractivity contribution in [2.75, 3.05) is 0 Å². The van der Waals surface area contributed by atoms with Crippen molar-refractivity contribution in [1.29, 1.82) is 0 Å². The minimum atomic E-state index is -0.203. The van der Waals surface area contributed by atoms with Crippen molar-refractivity contribution < 1.29 is 0 Å². The normalized spacial score (nSPS) is 10.6. The van der Waals surface area contributed by atoms with Gasteiger partial charge in [0.25, 0.3) is 5.56 Å². The van der Waals surface area contributed by atoms with E-state index in [2.05, 4.69) is 4.98 Å². The fraction of sp³-hybridized carbons (Fsp3) is 0.0833. The highest BCUT2D eigenvalue weighted by Gasteiger charge is 2.14. The summed E-state index contributed by atoms with van der Waals surface area (Å²) in [4.78, 5) is 14.4. The van der Waals surface area contributed by atoms with Crippen molar-refractivity contribution in [2.24, 2.45) is 0 Å². The first-order chi connectivity index (χ1) is 8.02. The van der Waals surface area contributed by atoms with E-state index < -0.39 is 0 Å². The smallest absolute Gasteiger partial charge is 0.256 e. The summed E-state index contributed by atoms with van der Waals surface area (Å²) in [5.74, 6) is 0. The molecule has 1 heterocycles. The van der Waals surface area contributed by atoms with Gasteiger partial charge in [0.05, 0.1) is 20.6 Å². The van der Waals surface area contributed by atoms with Crippen LogP contribution in [0, 0.1) is 6.92 Å². The van der Waals surface area contributed by atoms with Crippen LogP contribution in [-0.2, 0) is 0 Å². The SMILES string of the molecule is Cc1cc[nH]c(=O)c1-c1ccc(Cl)c(Cl)c1Cl. The second-order valence-electron chi connectivity index (χ2n) is 3.59. The lowest BCUT2D eigenvalue weighted by molar-refractivity contribution is 1.21. The Labute approximate surface area is 113 Å². The van der Waals surface area contributed by atoms with Gasteiger partial charge in [-0.15, -0.1) is 0 Å². The highest BCUT2D eigenvalue weighted by molar-refractivity contribution is 6.49. The van der Waals surface area contributed by atoms with Gasteiger partial charge in [-0.2, -0.15) is 0 Å². The van der Waals surface area contributed by atoms with Crippen molar-refractivity contribution in [3.8, 4) is 11.1 Å². The van der Waals surface area contributed by atoms with E-state index in [1.807, 2.05) is 6.92 Å². The Hall–Kier alpha value is -0.960. The van der Waals surface area contributed by atoms with Gasteiger partial charge >= 0.3 is 0 Å². The summed E-state index contributed by atoms with van der Waals surface area (Å²) < 4.78 is 0. The van der Waals surface area contributed by atoms with Crippen LogP contribution in [0.15, 0.2) is 29.2 Å². The van der Waals surface area contributed by atoms with Crippen molar-refractivity contribution in [2.45, 2.75) is 6.92 Å².